The van der Waals surface area contributed by atoms with E-state index in [9.17, 15) is 9.59 Å². The first-order valence-electron chi connectivity index (χ1n) is 10.5. The molecule has 1 aliphatic carbocycles. The number of rotatable bonds is 4. The maximum Gasteiger partial charge on any atom is 0.251 e. The number of aryl methyl sites for hydroxylation is 1. The fourth-order valence-electron chi connectivity index (χ4n) is 5.11. The molecule has 1 saturated carbocycles. The van der Waals surface area contributed by atoms with Crippen LogP contribution in [0.15, 0.2) is 17.1 Å². The minimum Gasteiger partial charge on any atom is -0.377 e. The topological polar surface area (TPSA) is 92.5 Å². The number of carbonyl (C=O) groups is 1. The van der Waals surface area contributed by atoms with E-state index < -0.39 is 0 Å². The van der Waals surface area contributed by atoms with Crippen LogP contribution in [0.3, 0.4) is 0 Å². The van der Waals surface area contributed by atoms with Crippen LogP contribution < -0.4 is 16.2 Å². The maximum atomic E-state index is 12.2. The molecule has 1 spiro atoms. The van der Waals surface area contributed by atoms with Gasteiger partial charge in [0.15, 0.2) is 0 Å². The Morgan fingerprint density at radius 2 is 2.07 bits per heavy atom. The van der Waals surface area contributed by atoms with E-state index in [-0.39, 0.29) is 35.8 Å². The van der Waals surface area contributed by atoms with Crippen molar-refractivity contribution in [3.63, 3.8) is 0 Å². The SMILES string of the molecule is Cc1cc[nH]c(=O)c1C1CCC(OC[C@H]2NCCC[C@@]23COCC(=O)N3)CC1. The number of carbonyl (C=O) groups excluding carboxylic acids is 1. The van der Waals surface area contributed by atoms with Gasteiger partial charge in [-0.1, -0.05) is 0 Å². The third-order valence-corrected chi connectivity index (χ3v) is 6.64. The number of hydrogen-bond acceptors (Lipinski definition) is 5. The summed E-state index contributed by atoms with van der Waals surface area (Å²) < 4.78 is 11.8. The molecule has 0 radical (unpaired) electrons. The molecular weight excluding hydrogens is 358 g/mol. The smallest absolute Gasteiger partial charge is 0.251 e. The van der Waals surface area contributed by atoms with Crippen LogP contribution in [0, 0.1) is 6.92 Å². The fraction of sp³-hybridized carbons (Fsp3) is 0.714. The van der Waals surface area contributed by atoms with E-state index in [1.165, 1.54) is 0 Å². The zero-order chi connectivity index (χ0) is 19.6. The van der Waals surface area contributed by atoms with Gasteiger partial charge in [0.25, 0.3) is 5.56 Å². The van der Waals surface area contributed by atoms with Crippen molar-refractivity contribution < 1.29 is 14.3 Å². The standard InChI is InChI=1S/C21H31N3O4/c1-14-7-10-23-20(26)19(14)15-3-5-16(6-4-15)28-11-17-21(8-2-9-22-17)13-27-12-18(25)24-21/h7,10,15-17,22H,2-6,8-9,11-13H2,1H3,(H,23,26)(H,24,25)/t15?,16?,17-,21-/m1/s1. The van der Waals surface area contributed by atoms with Gasteiger partial charge in [-0.2, -0.15) is 0 Å². The average Bonchev–Trinajstić information content (AvgIpc) is 2.68. The Kier molecular flexibility index (Phi) is 5.85. The molecule has 3 N–H and O–H groups in total. The number of amides is 1. The largest absolute Gasteiger partial charge is 0.377 e. The number of piperidine rings is 1. The van der Waals surface area contributed by atoms with Crippen LogP contribution in [0.1, 0.15) is 55.6 Å². The van der Waals surface area contributed by atoms with Crippen molar-refractivity contribution >= 4 is 5.91 Å². The Morgan fingerprint density at radius 1 is 1.25 bits per heavy atom. The molecule has 3 fully saturated rings. The highest BCUT2D eigenvalue weighted by molar-refractivity contribution is 5.79. The summed E-state index contributed by atoms with van der Waals surface area (Å²) in [4.78, 5) is 26.9. The molecule has 3 heterocycles. The third-order valence-electron chi connectivity index (χ3n) is 6.64. The van der Waals surface area contributed by atoms with Gasteiger partial charge in [0.05, 0.1) is 30.9 Å². The first kappa shape index (κ1) is 19.6. The Labute approximate surface area is 165 Å². The van der Waals surface area contributed by atoms with Gasteiger partial charge in [0.2, 0.25) is 5.91 Å². The van der Waals surface area contributed by atoms with Gasteiger partial charge >= 0.3 is 0 Å². The second-order valence-electron chi connectivity index (χ2n) is 8.52. The molecule has 2 atom stereocenters. The molecule has 0 unspecified atom stereocenters. The summed E-state index contributed by atoms with van der Waals surface area (Å²) in [5.41, 5.74) is 1.72. The van der Waals surface area contributed by atoms with Crippen LogP contribution in [-0.2, 0) is 14.3 Å². The molecule has 7 nitrogen and oxygen atoms in total. The van der Waals surface area contributed by atoms with Crippen LogP contribution in [0.25, 0.3) is 0 Å². The highest BCUT2D eigenvalue weighted by Crippen LogP contribution is 2.34. The summed E-state index contributed by atoms with van der Waals surface area (Å²) >= 11 is 0. The zero-order valence-electron chi connectivity index (χ0n) is 16.6. The first-order chi connectivity index (χ1) is 13.6. The highest BCUT2D eigenvalue weighted by atomic mass is 16.5. The van der Waals surface area contributed by atoms with Gasteiger partial charge in [-0.05, 0) is 69.5 Å². The van der Waals surface area contributed by atoms with Crippen LogP contribution in [0.2, 0.25) is 0 Å². The van der Waals surface area contributed by atoms with Crippen molar-refractivity contribution in [3.05, 3.63) is 33.7 Å². The summed E-state index contributed by atoms with van der Waals surface area (Å²) in [5.74, 6) is 0.277. The lowest BCUT2D eigenvalue weighted by atomic mass is 9.81. The van der Waals surface area contributed by atoms with Crippen LogP contribution >= 0.6 is 0 Å². The Bertz CT molecular complexity index is 752. The molecular formula is C21H31N3O4. The second kappa shape index (κ2) is 8.35. The summed E-state index contributed by atoms with van der Waals surface area (Å²) in [6, 6.07) is 2.05. The average molecular weight is 389 g/mol. The van der Waals surface area contributed by atoms with Gasteiger partial charge in [-0.3, -0.25) is 9.59 Å². The van der Waals surface area contributed by atoms with E-state index in [1.807, 2.05) is 13.0 Å². The number of aromatic amines is 1. The number of nitrogens with one attached hydrogen (secondary N) is 3. The van der Waals surface area contributed by atoms with Crippen molar-refractivity contribution in [3.8, 4) is 0 Å². The Hall–Kier alpha value is -1.70. The van der Waals surface area contributed by atoms with E-state index in [4.69, 9.17) is 9.47 Å². The van der Waals surface area contributed by atoms with Crippen LogP contribution in [0.5, 0.6) is 0 Å². The Morgan fingerprint density at radius 3 is 2.82 bits per heavy atom. The second-order valence-corrected chi connectivity index (χ2v) is 8.52. The number of H-pyrrole nitrogens is 1. The van der Waals surface area contributed by atoms with Crippen molar-refractivity contribution in [1.29, 1.82) is 0 Å². The highest BCUT2D eigenvalue weighted by Gasteiger charge is 2.45. The molecule has 0 aromatic carbocycles. The lowest BCUT2D eigenvalue weighted by Gasteiger charge is -2.47. The molecule has 2 aliphatic heterocycles. The quantitative estimate of drug-likeness (QED) is 0.723. The monoisotopic (exact) mass is 389 g/mol. The minimum atomic E-state index is -0.348. The van der Waals surface area contributed by atoms with E-state index in [0.717, 1.165) is 56.2 Å². The van der Waals surface area contributed by atoms with E-state index >= 15 is 0 Å². The molecule has 1 aromatic heterocycles. The van der Waals surface area contributed by atoms with Crippen molar-refractivity contribution in [2.24, 2.45) is 0 Å². The lowest BCUT2D eigenvalue weighted by molar-refractivity contribution is -0.139. The van der Waals surface area contributed by atoms with Gasteiger partial charge in [0, 0.05) is 11.8 Å². The number of ether oxygens (including phenoxy) is 2. The van der Waals surface area contributed by atoms with Gasteiger partial charge in [-0.15, -0.1) is 0 Å². The number of aromatic nitrogens is 1. The minimum absolute atomic E-state index is 0.0380. The summed E-state index contributed by atoms with van der Waals surface area (Å²) in [5, 5.41) is 6.69. The molecule has 28 heavy (non-hydrogen) atoms. The molecule has 2 saturated heterocycles. The summed E-state index contributed by atoms with van der Waals surface area (Å²) in [6.07, 6.45) is 7.74. The summed E-state index contributed by atoms with van der Waals surface area (Å²) in [7, 11) is 0. The normalized spacial score (nSPS) is 33.6. The predicted molar refractivity (Wildman–Crippen MR) is 105 cm³/mol. The van der Waals surface area contributed by atoms with Crippen molar-refractivity contribution in [1.82, 2.24) is 15.6 Å². The van der Waals surface area contributed by atoms with Gasteiger partial charge in [-0.25, -0.2) is 0 Å². The Balaban J connectivity index is 1.32. The number of pyridine rings is 1. The maximum absolute atomic E-state index is 12.2. The van der Waals surface area contributed by atoms with E-state index in [2.05, 4.69) is 15.6 Å². The van der Waals surface area contributed by atoms with Gasteiger partial charge < -0.3 is 25.1 Å². The molecule has 3 aliphatic rings. The van der Waals surface area contributed by atoms with Crippen molar-refractivity contribution in [2.75, 3.05) is 26.4 Å². The fourth-order valence-corrected chi connectivity index (χ4v) is 5.11. The lowest BCUT2D eigenvalue weighted by Crippen LogP contribution is -2.70. The molecule has 1 aromatic rings. The molecule has 0 bridgehead atoms. The van der Waals surface area contributed by atoms with Crippen LogP contribution in [0.4, 0.5) is 0 Å². The molecule has 7 heteroatoms. The zero-order valence-corrected chi connectivity index (χ0v) is 16.6. The van der Waals surface area contributed by atoms with Crippen molar-refractivity contribution in [2.45, 2.75) is 69.1 Å². The third kappa shape index (κ3) is 4.02. The first-order valence-corrected chi connectivity index (χ1v) is 10.5. The molecule has 4 rings (SSSR count). The number of morpholine rings is 1. The van der Waals surface area contributed by atoms with E-state index in [1.54, 1.807) is 6.20 Å². The van der Waals surface area contributed by atoms with E-state index in [0.29, 0.717) is 19.1 Å². The summed E-state index contributed by atoms with van der Waals surface area (Å²) in [6.45, 7) is 4.22. The van der Waals surface area contributed by atoms with Crippen LogP contribution in [-0.4, -0.2) is 54.9 Å². The molecule has 1 amide bonds. The molecule has 154 valence electrons. The number of hydrogen-bond donors (Lipinski definition) is 3. The predicted octanol–water partition coefficient (Wildman–Crippen LogP) is 1.36. The van der Waals surface area contributed by atoms with Gasteiger partial charge in [0.1, 0.15) is 6.61 Å².